The van der Waals surface area contributed by atoms with E-state index in [0.717, 1.165) is 38.5 Å². The number of hydrogen-bond donors (Lipinski definition) is 3. The van der Waals surface area contributed by atoms with Crippen molar-refractivity contribution in [1.82, 2.24) is 0 Å². The summed E-state index contributed by atoms with van der Waals surface area (Å²) >= 11 is 0. The Morgan fingerprint density at radius 3 is 1.75 bits per heavy atom. The zero-order valence-corrected chi connectivity index (χ0v) is 34.2. The van der Waals surface area contributed by atoms with Gasteiger partial charge in [0.25, 0.3) is 0 Å². The number of unbranched alkanes of at least 4 members (excludes halogenated alkanes) is 17. The van der Waals surface area contributed by atoms with Crippen LogP contribution in [0.1, 0.15) is 174 Å². The molecule has 3 N–H and O–H groups in total. The molecule has 2 atom stereocenters. The van der Waals surface area contributed by atoms with Crippen molar-refractivity contribution in [3.05, 3.63) is 60.8 Å². The Labute approximate surface area is 322 Å². The van der Waals surface area contributed by atoms with Gasteiger partial charge in [-0.1, -0.05) is 152 Å². The normalized spacial score (nSPS) is 13.7. The predicted octanol–water partition coefficient (Wildman–Crippen LogP) is 11.5. The highest BCUT2D eigenvalue weighted by molar-refractivity contribution is 7.46. The first-order chi connectivity index (χ1) is 25.7. The molecule has 0 rings (SSSR count). The van der Waals surface area contributed by atoms with Crippen LogP contribution in [0.4, 0.5) is 0 Å². The van der Waals surface area contributed by atoms with Gasteiger partial charge in [0.05, 0.1) is 12.7 Å². The average Bonchev–Trinajstić information content (AvgIpc) is 3.12. The van der Waals surface area contributed by atoms with Crippen LogP contribution < -0.4 is 0 Å². The van der Waals surface area contributed by atoms with Gasteiger partial charge in [-0.3, -0.25) is 14.1 Å². The minimum absolute atomic E-state index is 0.154. The summed E-state index contributed by atoms with van der Waals surface area (Å²) in [5.41, 5.74) is 0. The van der Waals surface area contributed by atoms with Crippen LogP contribution in [0.2, 0.25) is 0 Å². The van der Waals surface area contributed by atoms with Gasteiger partial charge >= 0.3 is 19.8 Å². The van der Waals surface area contributed by atoms with Gasteiger partial charge in [-0.25, -0.2) is 4.57 Å². The molecule has 9 nitrogen and oxygen atoms in total. The number of esters is 2. The molecule has 0 aromatic carbocycles. The molecule has 53 heavy (non-hydrogen) atoms. The Kier molecular flexibility index (Phi) is 36.4. The summed E-state index contributed by atoms with van der Waals surface area (Å²) in [6, 6.07) is 0. The molecule has 0 spiro atoms. The first kappa shape index (κ1) is 50.7. The van der Waals surface area contributed by atoms with Crippen LogP contribution in [0.3, 0.4) is 0 Å². The maximum atomic E-state index is 12.4. The number of ether oxygens (including phenoxy) is 2. The zero-order chi connectivity index (χ0) is 39.1. The summed E-state index contributed by atoms with van der Waals surface area (Å²) in [6.45, 7) is 3.52. The van der Waals surface area contributed by atoms with Gasteiger partial charge in [-0.05, 0) is 70.6 Å². The molecule has 0 amide bonds. The van der Waals surface area contributed by atoms with Gasteiger partial charge in [0.2, 0.25) is 0 Å². The molecule has 0 heterocycles. The molecule has 0 radical (unpaired) electrons. The van der Waals surface area contributed by atoms with Crippen molar-refractivity contribution in [2.24, 2.45) is 0 Å². The third-order valence-corrected chi connectivity index (χ3v) is 9.07. The van der Waals surface area contributed by atoms with E-state index in [1.54, 1.807) is 6.08 Å². The van der Waals surface area contributed by atoms with E-state index < -0.39 is 38.6 Å². The second-order valence-corrected chi connectivity index (χ2v) is 15.0. The molecule has 0 fully saturated rings. The second kappa shape index (κ2) is 38.0. The van der Waals surface area contributed by atoms with Crippen molar-refractivity contribution in [2.45, 2.75) is 187 Å². The highest BCUT2D eigenvalue weighted by Gasteiger charge is 2.22. The van der Waals surface area contributed by atoms with E-state index in [0.29, 0.717) is 25.7 Å². The molecule has 0 saturated heterocycles. The Hall–Kier alpha value is -2.29. The molecule has 0 aliphatic rings. The first-order valence-electron chi connectivity index (χ1n) is 20.7. The van der Waals surface area contributed by atoms with E-state index in [9.17, 15) is 19.3 Å². The van der Waals surface area contributed by atoms with Gasteiger partial charge in [0.15, 0.2) is 6.10 Å². The third-order valence-electron chi connectivity index (χ3n) is 8.59. The minimum atomic E-state index is -4.78. The van der Waals surface area contributed by atoms with Crippen molar-refractivity contribution in [3.8, 4) is 0 Å². The number of carbonyl (C=O) groups is 2. The summed E-state index contributed by atoms with van der Waals surface area (Å²) in [6.07, 6.45) is 44.0. The summed E-state index contributed by atoms with van der Waals surface area (Å²) in [4.78, 5) is 42.8. The molecule has 0 saturated carbocycles. The molecule has 10 heteroatoms. The van der Waals surface area contributed by atoms with Crippen LogP contribution in [-0.2, 0) is 28.2 Å². The fraction of sp³-hybridized carbons (Fsp3) is 0.721. The van der Waals surface area contributed by atoms with Crippen LogP contribution in [0, 0.1) is 0 Å². The fourth-order valence-corrected chi connectivity index (χ4v) is 5.80. The molecule has 0 bridgehead atoms. The van der Waals surface area contributed by atoms with E-state index in [-0.39, 0.29) is 19.4 Å². The topological polar surface area (TPSA) is 140 Å². The SMILES string of the molecule is CCCCC/C=C\C=C/[C@@H](O)C/C=C\C/C=C/CCCC(=O)OC[C@H](COP(=O)(O)O)OC(=O)CCCCCCCCC/C=C\CCCCCCCC. The summed E-state index contributed by atoms with van der Waals surface area (Å²) < 4.78 is 26.3. The standard InChI is InChI=1S/C43H75O9P/c1-3-5-7-9-11-12-13-14-15-16-17-18-19-20-24-29-33-37-43(46)52-41(39-51-53(47,48)49)38-50-42(45)36-32-28-25-21-23-27-31-35-40(44)34-30-26-22-10-8-6-4-2/h14-15,21-22,25-27,30-31,34,40-41,44H,3-13,16-20,23-24,28-29,32-33,35-39H2,1-2H3,(H2,47,48,49)/b15-14-,25-21+,26-22-,31-27-,34-30-/t40-,41-/m1/s1. The van der Waals surface area contributed by atoms with Crippen molar-refractivity contribution in [1.29, 1.82) is 0 Å². The van der Waals surface area contributed by atoms with Crippen molar-refractivity contribution in [3.63, 3.8) is 0 Å². The van der Waals surface area contributed by atoms with E-state index in [4.69, 9.17) is 19.3 Å². The van der Waals surface area contributed by atoms with Crippen LogP contribution >= 0.6 is 7.82 Å². The smallest absolute Gasteiger partial charge is 0.462 e. The van der Waals surface area contributed by atoms with Crippen LogP contribution in [0.15, 0.2) is 60.8 Å². The Bertz CT molecular complexity index is 1060. The lowest BCUT2D eigenvalue weighted by molar-refractivity contribution is -0.161. The molecular weight excluding hydrogens is 691 g/mol. The van der Waals surface area contributed by atoms with Gasteiger partial charge in [0, 0.05) is 12.8 Å². The summed E-state index contributed by atoms with van der Waals surface area (Å²) in [7, 11) is -4.78. The van der Waals surface area contributed by atoms with Crippen molar-refractivity contribution in [2.75, 3.05) is 13.2 Å². The lowest BCUT2D eigenvalue weighted by atomic mass is 10.1. The molecule has 0 aromatic heterocycles. The van der Waals surface area contributed by atoms with E-state index >= 15 is 0 Å². The minimum Gasteiger partial charge on any atom is -0.462 e. The molecule has 306 valence electrons. The number of carbonyl (C=O) groups excluding carboxylic acids is 2. The number of aliphatic hydroxyl groups excluding tert-OH is 1. The average molecular weight is 767 g/mol. The number of hydrogen-bond acceptors (Lipinski definition) is 7. The molecular formula is C43H75O9P. The van der Waals surface area contributed by atoms with Crippen LogP contribution in [0.5, 0.6) is 0 Å². The van der Waals surface area contributed by atoms with E-state index in [2.05, 4.69) is 36.6 Å². The summed E-state index contributed by atoms with van der Waals surface area (Å²) in [5.74, 6) is -0.999. The maximum absolute atomic E-state index is 12.4. The molecule has 0 aliphatic heterocycles. The maximum Gasteiger partial charge on any atom is 0.469 e. The zero-order valence-electron chi connectivity index (χ0n) is 33.3. The Morgan fingerprint density at radius 2 is 1.09 bits per heavy atom. The number of rotatable bonds is 37. The summed E-state index contributed by atoms with van der Waals surface area (Å²) in [5, 5.41) is 10.0. The van der Waals surface area contributed by atoms with Gasteiger partial charge in [-0.15, -0.1) is 0 Å². The van der Waals surface area contributed by atoms with Gasteiger partial charge in [0.1, 0.15) is 6.61 Å². The monoisotopic (exact) mass is 767 g/mol. The largest absolute Gasteiger partial charge is 0.469 e. The molecule has 0 aliphatic carbocycles. The van der Waals surface area contributed by atoms with Gasteiger partial charge in [-0.2, -0.15) is 0 Å². The highest BCUT2D eigenvalue weighted by atomic mass is 31.2. The third kappa shape index (κ3) is 40.7. The lowest BCUT2D eigenvalue weighted by Crippen LogP contribution is -2.29. The van der Waals surface area contributed by atoms with Crippen LogP contribution in [0.25, 0.3) is 0 Å². The van der Waals surface area contributed by atoms with Gasteiger partial charge < -0.3 is 24.4 Å². The number of allylic oxidation sites excluding steroid dienone is 8. The lowest BCUT2D eigenvalue weighted by Gasteiger charge is -2.18. The Morgan fingerprint density at radius 1 is 0.585 bits per heavy atom. The number of aliphatic hydroxyl groups is 1. The second-order valence-electron chi connectivity index (χ2n) is 13.8. The predicted molar refractivity (Wildman–Crippen MR) is 217 cm³/mol. The molecule has 0 unspecified atom stereocenters. The van der Waals surface area contributed by atoms with E-state index in [1.807, 2.05) is 36.5 Å². The number of phosphoric acid groups is 1. The first-order valence-corrected chi connectivity index (χ1v) is 22.2. The van der Waals surface area contributed by atoms with Crippen LogP contribution in [-0.4, -0.2) is 52.3 Å². The van der Waals surface area contributed by atoms with E-state index in [1.165, 1.54) is 83.5 Å². The quantitative estimate of drug-likeness (QED) is 0.0185. The molecule has 0 aromatic rings. The fourth-order valence-electron chi connectivity index (χ4n) is 5.44. The number of phosphoric ester groups is 1. The van der Waals surface area contributed by atoms with Crippen molar-refractivity contribution >= 4 is 19.8 Å². The Balaban J connectivity index is 4.09. The van der Waals surface area contributed by atoms with Crippen molar-refractivity contribution < 1.29 is 43.0 Å². The highest BCUT2D eigenvalue weighted by Crippen LogP contribution is 2.36.